The van der Waals surface area contributed by atoms with E-state index >= 15 is 0 Å². The monoisotopic (exact) mass is 246 g/mol. The summed E-state index contributed by atoms with van der Waals surface area (Å²) in [7, 11) is 0. The van der Waals surface area contributed by atoms with Gasteiger partial charge in [0.05, 0.1) is 6.61 Å². The van der Waals surface area contributed by atoms with Crippen LogP contribution in [0, 0.1) is 0 Å². The topological polar surface area (TPSA) is 46.2 Å². The van der Waals surface area contributed by atoms with Crippen molar-refractivity contribution in [1.82, 2.24) is 0 Å². The van der Waals surface area contributed by atoms with Gasteiger partial charge in [-0.05, 0) is 20.8 Å². The van der Waals surface area contributed by atoms with Gasteiger partial charge < -0.3 is 23.7 Å². The molecule has 2 bridgehead atoms. The number of fused-ring (bicyclic) bond motifs is 2. The lowest BCUT2D eigenvalue weighted by molar-refractivity contribution is -0.259. The molecule has 2 rings (SSSR count). The van der Waals surface area contributed by atoms with Gasteiger partial charge in [0, 0.05) is 19.8 Å². The summed E-state index contributed by atoms with van der Waals surface area (Å²) in [6, 6.07) is 0. The first-order valence-corrected chi connectivity index (χ1v) is 6.43. The molecule has 0 radical (unpaired) electrons. The number of rotatable bonds is 6. The van der Waals surface area contributed by atoms with Crippen molar-refractivity contribution in [2.75, 3.05) is 26.4 Å². The van der Waals surface area contributed by atoms with Crippen LogP contribution in [0.25, 0.3) is 0 Å². The van der Waals surface area contributed by atoms with Crippen LogP contribution in [0.4, 0.5) is 0 Å². The Morgan fingerprint density at radius 3 is 2.12 bits per heavy atom. The average Bonchev–Trinajstić information content (AvgIpc) is 2.75. The molecule has 0 aliphatic carbocycles. The summed E-state index contributed by atoms with van der Waals surface area (Å²) < 4.78 is 28.6. The second-order valence-corrected chi connectivity index (χ2v) is 4.14. The van der Waals surface area contributed by atoms with Gasteiger partial charge in [-0.2, -0.15) is 0 Å². The van der Waals surface area contributed by atoms with Gasteiger partial charge in [-0.25, -0.2) is 0 Å². The van der Waals surface area contributed by atoms with Crippen LogP contribution in [0.5, 0.6) is 0 Å². The molecule has 100 valence electrons. The SMILES string of the molecule is CCO[C@H]1[C@@H](OCC)[C@H]2CO[C@H](O2)[C@@H]1OCC. The normalized spacial score (nSPS) is 40.8. The minimum absolute atomic E-state index is 0.0341. The highest BCUT2D eigenvalue weighted by atomic mass is 16.8. The van der Waals surface area contributed by atoms with Gasteiger partial charge >= 0.3 is 0 Å². The molecule has 0 saturated carbocycles. The Labute approximate surface area is 102 Å². The Bertz CT molecular complexity index is 215. The summed E-state index contributed by atoms with van der Waals surface area (Å²) in [6.07, 6.45) is -0.752. The molecule has 2 aliphatic rings. The van der Waals surface area contributed by atoms with E-state index in [1.54, 1.807) is 0 Å². The molecule has 5 nitrogen and oxygen atoms in total. The quantitative estimate of drug-likeness (QED) is 0.698. The van der Waals surface area contributed by atoms with E-state index in [0.717, 1.165) is 0 Å². The highest BCUT2D eigenvalue weighted by Gasteiger charge is 2.52. The van der Waals surface area contributed by atoms with E-state index in [0.29, 0.717) is 26.4 Å². The molecule has 17 heavy (non-hydrogen) atoms. The maximum atomic E-state index is 5.78. The number of hydrogen-bond acceptors (Lipinski definition) is 5. The Morgan fingerprint density at radius 1 is 0.882 bits per heavy atom. The zero-order chi connectivity index (χ0) is 12.3. The summed E-state index contributed by atoms with van der Waals surface area (Å²) >= 11 is 0. The summed E-state index contributed by atoms with van der Waals surface area (Å²) in [4.78, 5) is 0. The van der Waals surface area contributed by atoms with Crippen molar-refractivity contribution in [3.8, 4) is 0 Å². The van der Waals surface area contributed by atoms with E-state index in [1.165, 1.54) is 0 Å². The third-order valence-corrected chi connectivity index (χ3v) is 3.09. The van der Waals surface area contributed by atoms with Gasteiger partial charge in [0.25, 0.3) is 0 Å². The third kappa shape index (κ3) is 2.63. The molecule has 0 aromatic carbocycles. The fraction of sp³-hybridized carbons (Fsp3) is 1.00. The van der Waals surface area contributed by atoms with E-state index in [4.69, 9.17) is 23.7 Å². The predicted molar refractivity (Wildman–Crippen MR) is 60.9 cm³/mol. The maximum Gasteiger partial charge on any atom is 0.187 e. The van der Waals surface area contributed by atoms with Gasteiger partial charge in [-0.15, -0.1) is 0 Å². The van der Waals surface area contributed by atoms with Crippen LogP contribution in [0.2, 0.25) is 0 Å². The van der Waals surface area contributed by atoms with E-state index in [1.807, 2.05) is 20.8 Å². The van der Waals surface area contributed by atoms with Crippen molar-refractivity contribution < 1.29 is 23.7 Å². The Balaban J connectivity index is 2.11. The van der Waals surface area contributed by atoms with Crippen LogP contribution in [0.3, 0.4) is 0 Å². The Kier molecular flexibility index (Phi) is 4.76. The highest BCUT2D eigenvalue weighted by molar-refractivity contribution is 4.96. The van der Waals surface area contributed by atoms with Crippen molar-refractivity contribution in [1.29, 1.82) is 0 Å². The van der Waals surface area contributed by atoms with E-state index < -0.39 is 0 Å². The van der Waals surface area contributed by atoms with Crippen molar-refractivity contribution >= 4 is 0 Å². The lowest BCUT2D eigenvalue weighted by atomic mass is 10.0. The van der Waals surface area contributed by atoms with Crippen molar-refractivity contribution in [3.05, 3.63) is 0 Å². The van der Waals surface area contributed by atoms with Crippen molar-refractivity contribution in [3.63, 3.8) is 0 Å². The third-order valence-electron chi connectivity index (χ3n) is 3.09. The number of hydrogen-bond donors (Lipinski definition) is 0. The zero-order valence-corrected chi connectivity index (χ0v) is 10.8. The standard InChI is InChI=1S/C12H22O5/c1-4-13-9-8-7-16-12(17-8)11(15-6-3)10(9)14-5-2/h8-12H,4-7H2,1-3H3/t8-,9+,10+,11-,12-/m1/s1. The zero-order valence-electron chi connectivity index (χ0n) is 10.8. The van der Waals surface area contributed by atoms with Gasteiger partial charge in [0.15, 0.2) is 6.29 Å². The summed E-state index contributed by atoms with van der Waals surface area (Å²) in [5.74, 6) is 0. The smallest absolute Gasteiger partial charge is 0.187 e. The first kappa shape index (κ1) is 13.2. The molecule has 0 amide bonds. The number of ether oxygens (including phenoxy) is 5. The highest BCUT2D eigenvalue weighted by Crippen LogP contribution is 2.33. The molecule has 2 saturated heterocycles. The van der Waals surface area contributed by atoms with Crippen LogP contribution < -0.4 is 0 Å². The first-order valence-electron chi connectivity index (χ1n) is 6.43. The molecule has 0 N–H and O–H groups in total. The Hall–Kier alpha value is -0.200. The van der Waals surface area contributed by atoms with Gasteiger partial charge in [-0.3, -0.25) is 0 Å². The van der Waals surface area contributed by atoms with E-state index in [-0.39, 0.29) is 30.7 Å². The van der Waals surface area contributed by atoms with Gasteiger partial charge in [-0.1, -0.05) is 0 Å². The molecule has 0 aromatic rings. The van der Waals surface area contributed by atoms with Crippen LogP contribution >= 0.6 is 0 Å². The molecule has 5 heteroatoms. The Morgan fingerprint density at radius 2 is 1.47 bits per heavy atom. The molecule has 5 atom stereocenters. The second kappa shape index (κ2) is 6.11. The predicted octanol–water partition coefficient (Wildman–Crippen LogP) is 0.957. The van der Waals surface area contributed by atoms with E-state index in [9.17, 15) is 0 Å². The largest absolute Gasteiger partial charge is 0.373 e. The summed E-state index contributed by atoms with van der Waals surface area (Å²) in [5, 5.41) is 0. The molecule has 0 aromatic heterocycles. The van der Waals surface area contributed by atoms with Crippen LogP contribution in [0.15, 0.2) is 0 Å². The van der Waals surface area contributed by atoms with Crippen molar-refractivity contribution in [2.45, 2.75) is 51.5 Å². The van der Waals surface area contributed by atoms with Gasteiger partial charge in [0.2, 0.25) is 0 Å². The minimum atomic E-state index is -0.312. The molecular weight excluding hydrogens is 224 g/mol. The fourth-order valence-electron chi connectivity index (χ4n) is 2.48. The van der Waals surface area contributed by atoms with Crippen LogP contribution in [-0.2, 0) is 23.7 Å². The minimum Gasteiger partial charge on any atom is -0.373 e. The maximum absolute atomic E-state index is 5.78. The fourth-order valence-corrected chi connectivity index (χ4v) is 2.48. The van der Waals surface area contributed by atoms with Crippen molar-refractivity contribution in [2.24, 2.45) is 0 Å². The summed E-state index contributed by atoms with van der Waals surface area (Å²) in [6.45, 7) is 8.35. The molecule has 2 aliphatic heterocycles. The molecule has 2 fully saturated rings. The average molecular weight is 246 g/mol. The molecule has 2 heterocycles. The molecule has 0 unspecified atom stereocenters. The molecule has 0 spiro atoms. The van der Waals surface area contributed by atoms with Crippen LogP contribution in [0.1, 0.15) is 20.8 Å². The second-order valence-electron chi connectivity index (χ2n) is 4.14. The van der Waals surface area contributed by atoms with Gasteiger partial charge in [0.1, 0.15) is 24.4 Å². The summed E-state index contributed by atoms with van der Waals surface area (Å²) in [5.41, 5.74) is 0. The molecular formula is C12H22O5. The van der Waals surface area contributed by atoms with E-state index in [2.05, 4.69) is 0 Å². The van der Waals surface area contributed by atoms with Crippen LogP contribution in [-0.4, -0.2) is 57.1 Å². The first-order chi connectivity index (χ1) is 8.31. The lowest BCUT2D eigenvalue weighted by Crippen LogP contribution is -2.57. The lowest BCUT2D eigenvalue weighted by Gasteiger charge is -2.39.